The molecule has 0 atom stereocenters. The average molecular weight is 262 g/mol. The number of hydrogen-bond donors (Lipinski definition) is 1. The lowest BCUT2D eigenvalue weighted by Crippen LogP contribution is -2.04. The van der Waals surface area contributed by atoms with E-state index in [1.165, 1.54) is 25.3 Å². The molecule has 0 aliphatic rings. The van der Waals surface area contributed by atoms with Crippen LogP contribution in [0.5, 0.6) is 0 Å². The Labute approximate surface area is 108 Å². The van der Waals surface area contributed by atoms with Crippen LogP contribution in [-0.4, -0.2) is 18.1 Å². The first-order chi connectivity index (χ1) is 9.10. The van der Waals surface area contributed by atoms with Gasteiger partial charge in [0.25, 0.3) is 0 Å². The zero-order valence-electron chi connectivity index (χ0n) is 10.1. The highest BCUT2D eigenvalue weighted by molar-refractivity contribution is 5.91. The van der Waals surface area contributed by atoms with Crippen molar-refractivity contribution in [3.05, 3.63) is 47.2 Å². The Kier molecular flexibility index (Phi) is 3.61. The molecule has 19 heavy (non-hydrogen) atoms. The zero-order chi connectivity index (χ0) is 13.8. The van der Waals surface area contributed by atoms with E-state index in [-0.39, 0.29) is 23.3 Å². The highest BCUT2D eigenvalue weighted by Gasteiger charge is 2.17. The second kappa shape index (κ2) is 5.34. The minimum Gasteiger partial charge on any atom is -0.464 e. The van der Waals surface area contributed by atoms with Gasteiger partial charge in [-0.1, -0.05) is 12.1 Å². The van der Waals surface area contributed by atoms with Crippen LogP contribution in [0.2, 0.25) is 0 Å². The van der Waals surface area contributed by atoms with Gasteiger partial charge in [0, 0.05) is 6.08 Å². The number of halogens is 1. The van der Waals surface area contributed by atoms with Crippen LogP contribution in [0.25, 0.3) is 12.2 Å². The Balaban J connectivity index is 2.19. The molecule has 6 heteroatoms. The highest BCUT2D eigenvalue weighted by Crippen LogP contribution is 2.16. The molecule has 1 heterocycles. The maximum Gasteiger partial charge on any atom is 0.362 e. The predicted octanol–water partition coefficient (Wildman–Crippen LogP) is 2.35. The van der Waals surface area contributed by atoms with Crippen LogP contribution in [0.1, 0.15) is 21.9 Å². The summed E-state index contributed by atoms with van der Waals surface area (Å²) in [5.41, 5.74) is 6.19. The molecule has 0 radical (unpaired) electrons. The van der Waals surface area contributed by atoms with Crippen molar-refractivity contribution in [1.29, 1.82) is 0 Å². The van der Waals surface area contributed by atoms with Gasteiger partial charge in [-0.25, -0.2) is 14.2 Å². The van der Waals surface area contributed by atoms with Gasteiger partial charge in [0.1, 0.15) is 5.82 Å². The number of carbonyl (C=O) groups is 1. The number of nitrogens with two attached hydrogens (primary N) is 1. The van der Waals surface area contributed by atoms with E-state index in [4.69, 9.17) is 10.2 Å². The third-order valence-corrected chi connectivity index (χ3v) is 2.34. The molecule has 2 rings (SSSR count). The van der Waals surface area contributed by atoms with Gasteiger partial charge in [-0.05, 0) is 23.8 Å². The first-order valence-electron chi connectivity index (χ1n) is 5.38. The van der Waals surface area contributed by atoms with Crippen LogP contribution in [-0.2, 0) is 4.74 Å². The van der Waals surface area contributed by atoms with Gasteiger partial charge in [0.15, 0.2) is 0 Å². The Hall–Kier alpha value is -2.63. The van der Waals surface area contributed by atoms with Gasteiger partial charge >= 0.3 is 5.97 Å². The topological polar surface area (TPSA) is 78.3 Å². The van der Waals surface area contributed by atoms with Crippen LogP contribution < -0.4 is 5.73 Å². The summed E-state index contributed by atoms with van der Waals surface area (Å²) in [4.78, 5) is 15.2. The summed E-state index contributed by atoms with van der Waals surface area (Å²) in [5, 5.41) is 0. The molecule has 2 N–H and O–H groups in total. The van der Waals surface area contributed by atoms with E-state index in [9.17, 15) is 9.18 Å². The van der Waals surface area contributed by atoms with E-state index >= 15 is 0 Å². The van der Waals surface area contributed by atoms with Gasteiger partial charge in [0.2, 0.25) is 17.5 Å². The van der Waals surface area contributed by atoms with Crippen molar-refractivity contribution in [1.82, 2.24) is 4.98 Å². The molecule has 0 unspecified atom stereocenters. The molecule has 1 aromatic carbocycles. The molecule has 0 fully saturated rings. The Morgan fingerprint density at radius 3 is 2.68 bits per heavy atom. The van der Waals surface area contributed by atoms with Gasteiger partial charge in [0.05, 0.1) is 7.11 Å². The van der Waals surface area contributed by atoms with Crippen LogP contribution in [0, 0.1) is 5.82 Å². The number of ether oxygens (including phenoxy) is 1. The summed E-state index contributed by atoms with van der Waals surface area (Å²) >= 11 is 0. The first kappa shape index (κ1) is 12.8. The monoisotopic (exact) mass is 262 g/mol. The lowest BCUT2D eigenvalue weighted by molar-refractivity contribution is 0.0595. The fourth-order valence-electron chi connectivity index (χ4n) is 1.40. The summed E-state index contributed by atoms with van der Waals surface area (Å²) in [6, 6.07) is 5.87. The lowest BCUT2D eigenvalue weighted by atomic mass is 10.2. The van der Waals surface area contributed by atoms with Gasteiger partial charge in [-0.3, -0.25) is 0 Å². The molecule has 1 aromatic heterocycles. The SMILES string of the molecule is COC(=O)c1nc(/C=C/c2ccc(F)cc2)oc1N. The largest absolute Gasteiger partial charge is 0.464 e. The van der Waals surface area contributed by atoms with Crippen LogP contribution in [0.3, 0.4) is 0 Å². The van der Waals surface area contributed by atoms with Crippen LogP contribution >= 0.6 is 0 Å². The molecule has 98 valence electrons. The van der Waals surface area contributed by atoms with Crippen molar-refractivity contribution in [2.75, 3.05) is 12.8 Å². The minimum atomic E-state index is -0.664. The number of rotatable bonds is 3. The number of oxazole rings is 1. The van der Waals surface area contributed by atoms with Crippen molar-refractivity contribution in [2.24, 2.45) is 0 Å². The normalized spacial score (nSPS) is 10.8. The van der Waals surface area contributed by atoms with Crippen molar-refractivity contribution in [2.45, 2.75) is 0 Å². The van der Waals surface area contributed by atoms with Crippen molar-refractivity contribution >= 4 is 24.0 Å². The quantitative estimate of drug-likeness (QED) is 0.859. The molecule has 0 amide bonds. The number of aromatic nitrogens is 1. The molecule has 0 bridgehead atoms. The van der Waals surface area contributed by atoms with Crippen molar-refractivity contribution in [3.63, 3.8) is 0 Å². The zero-order valence-corrected chi connectivity index (χ0v) is 10.1. The summed E-state index contributed by atoms with van der Waals surface area (Å²) in [6.07, 6.45) is 3.18. The molecule has 0 saturated heterocycles. The predicted molar refractivity (Wildman–Crippen MR) is 67.6 cm³/mol. The fourth-order valence-corrected chi connectivity index (χ4v) is 1.40. The molecule has 5 nitrogen and oxygen atoms in total. The van der Waals surface area contributed by atoms with E-state index < -0.39 is 5.97 Å². The number of esters is 1. The van der Waals surface area contributed by atoms with E-state index in [1.807, 2.05) is 0 Å². The summed E-state index contributed by atoms with van der Waals surface area (Å²) in [7, 11) is 1.23. The smallest absolute Gasteiger partial charge is 0.362 e. The number of nitrogens with zero attached hydrogens (tertiary/aromatic N) is 1. The van der Waals surface area contributed by atoms with Gasteiger partial charge in [-0.2, -0.15) is 0 Å². The average Bonchev–Trinajstić information content (AvgIpc) is 2.78. The van der Waals surface area contributed by atoms with Gasteiger partial charge in [-0.15, -0.1) is 0 Å². The number of benzene rings is 1. The summed E-state index contributed by atoms with van der Waals surface area (Å²) < 4.78 is 22.3. The number of nitrogen functional groups attached to an aromatic ring is 1. The third kappa shape index (κ3) is 2.98. The lowest BCUT2D eigenvalue weighted by Gasteiger charge is -1.91. The molecule has 0 aliphatic carbocycles. The second-order valence-corrected chi connectivity index (χ2v) is 3.64. The molecule has 0 spiro atoms. The number of methoxy groups -OCH3 is 1. The number of anilines is 1. The standard InChI is InChI=1S/C13H11FN2O3/c1-18-13(17)11-12(15)19-10(16-11)7-4-8-2-5-9(14)6-3-8/h2-7H,15H2,1H3/b7-4+. The van der Waals surface area contributed by atoms with Gasteiger partial charge < -0.3 is 14.9 Å². The number of carbonyl (C=O) groups excluding carboxylic acids is 1. The highest BCUT2D eigenvalue weighted by atomic mass is 19.1. The maximum atomic E-state index is 12.7. The molecular weight excluding hydrogens is 251 g/mol. The Morgan fingerprint density at radius 2 is 2.05 bits per heavy atom. The second-order valence-electron chi connectivity index (χ2n) is 3.64. The first-order valence-corrected chi connectivity index (χ1v) is 5.38. The molecule has 2 aromatic rings. The molecule has 0 aliphatic heterocycles. The number of hydrogen-bond acceptors (Lipinski definition) is 5. The van der Waals surface area contributed by atoms with E-state index in [0.717, 1.165) is 5.56 Å². The van der Waals surface area contributed by atoms with E-state index in [0.29, 0.717) is 0 Å². The van der Waals surface area contributed by atoms with Crippen LogP contribution in [0.4, 0.5) is 10.3 Å². The third-order valence-electron chi connectivity index (χ3n) is 2.34. The molecular formula is C13H11FN2O3. The van der Waals surface area contributed by atoms with E-state index in [2.05, 4.69) is 9.72 Å². The van der Waals surface area contributed by atoms with Crippen LogP contribution in [0.15, 0.2) is 28.7 Å². The minimum absolute atomic E-state index is 0.0683. The fraction of sp³-hybridized carbons (Fsp3) is 0.0769. The summed E-state index contributed by atoms with van der Waals surface area (Å²) in [5.74, 6) is -0.916. The van der Waals surface area contributed by atoms with Crippen molar-refractivity contribution in [3.8, 4) is 0 Å². The molecule has 0 saturated carbocycles. The Bertz CT molecular complexity index is 617. The maximum absolute atomic E-state index is 12.7. The Morgan fingerprint density at radius 1 is 1.37 bits per heavy atom. The van der Waals surface area contributed by atoms with E-state index in [1.54, 1.807) is 18.2 Å². The summed E-state index contributed by atoms with van der Waals surface area (Å²) in [6.45, 7) is 0. The van der Waals surface area contributed by atoms with Crippen molar-refractivity contribution < 1.29 is 18.3 Å².